The Labute approximate surface area is 134 Å². The van der Waals surface area contributed by atoms with E-state index in [0.29, 0.717) is 27.4 Å². The highest BCUT2D eigenvalue weighted by Crippen LogP contribution is 2.21. The van der Waals surface area contributed by atoms with Crippen LogP contribution < -0.4 is 11.0 Å². The lowest BCUT2D eigenvalue weighted by molar-refractivity contribution is 0.102. The van der Waals surface area contributed by atoms with Crippen molar-refractivity contribution >= 4 is 45.1 Å². The number of benzene rings is 2. The van der Waals surface area contributed by atoms with Gasteiger partial charge >= 0.3 is 5.69 Å². The Morgan fingerprint density at radius 1 is 0.913 bits per heavy atom. The zero-order chi connectivity index (χ0) is 16.0. The van der Waals surface area contributed by atoms with Gasteiger partial charge in [-0.2, -0.15) is 0 Å². The number of hydrogen-bond donors (Lipinski definition) is 4. The van der Waals surface area contributed by atoms with Crippen LogP contribution in [0.1, 0.15) is 10.5 Å². The maximum atomic E-state index is 12.4. The molecular formula is C16H11ClN4O2. The lowest BCUT2D eigenvalue weighted by Gasteiger charge is -2.03. The van der Waals surface area contributed by atoms with Gasteiger partial charge in [-0.3, -0.25) is 4.79 Å². The molecule has 0 radical (unpaired) electrons. The summed E-state index contributed by atoms with van der Waals surface area (Å²) in [6, 6.07) is 12.3. The van der Waals surface area contributed by atoms with E-state index >= 15 is 0 Å². The first-order valence-corrected chi connectivity index (χ1v) is 7.28. The Hall–Kier alpha value is -2.99. The number of anilines is 1. The number of halogens is 1. The molecule has 4 N–H and O–H groups in total. The van der Waals surface area contributed by atoms with Crippen LogP contribution in [0.4, 0.5) is 5.69 Å². The summed E-state index contributed by atoms with van der Waals surface area (Å²) in [6.45, 7) is 0. The van der Waals surface area contributed by atoms with Crippen molar-refractivity contribution in [1.82, 2.24) is 15.0 Å². The fourth-order valence-corrected chi connectivity index (χ4v) is 2.72. The standard InChI is InChI=1S/C16H11ClN4O2/c17-9-1-3-11-8(5-9)6-14(19-11)15(22)18-10-2-4-12-13(7-10)21-16(23)20-12/h1-7,19H,(H,18,22)(H2,20,21,23). The van der Waals surface area contributed by atoms with E-state index in [1.807, 2.05) is 6.07 Å². The van der Waals surface area contributed by atoms with Crippen molar-refractivity contribution in [3.63, 3.8) is 0 Å². The molecule has 23 heavy (non-hydrogen) atoms. The summed E-state index contributed by atoms with van der Waals surface area (Å²) in [6.07, 6.45) is 0. The van der Waals surface area contributed by atoms with Crippen LogP contribution in [0.5, 0.6) is 0 Å². The number of aromatic nitrogens is 3. The Balaban J connectivity index is 1.65. The maximum Gasteiger partial charge on any atom is 0.323 e. The highest BCUT2D eigenvalue weighted by molar-refractivity contribution is 6.31. The quantitative estimate of drug-likeness (QED) is 0.455. The van der Waals surface area contributed by atoms with Gasteiger partial charge in [0.15, 0.2) is 0 Å². The molecule has 0 aliphatic rings. The molecule has 0 bridgehead atoms. The highest BCUT2D eigenvalue weighted by Gasteiger charge is 2.11. The molecule has 0 fully saturated rings. The lowest BCUT2D eigenvalue weighted by atomic mass is 10.2. The van der Waals surface area contributed by atoms with Gasteiger partial charge in [-0.15, -0.1) is 0 Å². The summed E-state index contributed by atoms with van der Waals surface area (Å²) in [5.41, 5.74) is 2.91. The van der Waals surface area contributed by atoms with Gasteiger partial charge in [-0.1, -0.05) is 11.6 Å². The van der Waals surface area contributed by atoms with E-state index in [0.717, 1.165) is 10.9 Å². The summed E-state index contributed by atoms with van der Waals surface area (Å²) >= 11 is 5.95. The Bertz CT molecular complexity index is 1110. The largest absolute Gasteiger partial charge is 0.351 e. The van der Waals surface area contributed by atoms with E-state index in [-0.39, 0.29) is 11.6 Å². The molecule has 7 heteroatoms. The minimum absolute atomic E-state index is 0.269. The molecule has 1 amide bonds. The van der Waals surface area contributed by atoms with Crippen molar-refractivity contribution in [1.29, 1.82) is 0 Å². The zero-order valence-electron chi connectivity index (χ0n) is 11.7. The molecule has 0 spiro atoms. The number of amides is 1. The van der Waals surface area contributed by atoms with Gasteiger partial charge in [-0.25, -0.2) is 4.79 Å². The van der Waals surface area contributed by atoms with Gasteiger partial charge < -0.3 is 20.3 Å². The summed E-state index contributed by atoms with van der Waals surface area (Å²) in [7, 11) is 0. The number of carbonyl (C=O) groups excluding carboxylic acids is 1. The average molecular weight is 327 g/mol. The number of hydrogen-bond acceptors (Lipinski definition) is 2. The van der Waals surface area contributed by atoms with E-state index in [1.165, 1.54) is 0 Å². The summed E-state index contributed by atoms with van der Waals surface area (Å²) in [5, 5.41) is 4.28. The molecule has 0 aliphatic heterocycles. The summed E-state index contributed by atoms with van der Waals surface area (Å²) in [5.74, 6) is -0.269. The van der Waals surface area contributed by atoms with Gasteiger partial charge in [-0.05, 0) is 42.5 Å². The molecule has 0 aliphatic carbocycles. The van der Waals surface area contributed by atoms with Crippen molar-refractivity contribution in [2.75, 3.05) is 5.32 Å². The Morgan fingerprint density at radius 2 is 1.70 bits per heavy atom. The molecule has 4 aromatic rings. The number of H-pyrrole nitrogens is 3. The minimum atomic E-state index is -0.282. The monoisotopic (exact) mass is 326 g/mol. The molecule has 0 atom stereocenters. The number of imidazole rings is 1. The molecule has 2 aromatic heterocycles. The van der Waals surface area contributed by atoms with Gasteiger partial charge in [0.25, 0.3) is 5.91 Å². The predicted molar refractivity (Wildman–Crippen MR) is 90.2 cm³/mol. The smallest absolute Gasteiger partial charge is 0.323 e. The van der Waals surface area contributed by atoms with Gasteiger partial charge in [0.05, 0.1) is 11.0 Å². The van der Waals surface area contributed by atoms with Crippen LogP contribution >= 0.6 is 11.6 Å². The number of fused-ring (bicyclic) bond motifs is 2. The van der Waals surface area contributed by atoms with Crippen molar-refractivity contribution < 1.29 is 4.79 Å². The van der Waals surface area contributed by atoms with Gasteiger partial charge in [0.2, 0.25) is 0 Å². The molecule has 0 unspecified atom stereocenters. The van der Waals surface area contributed by atoms with Crippen LogP contribution in [-0.4, -0.2) is 20.9 Å². The normalized spacial score (nSPS) is 11.2. The minimum Gasteiger partial charge on any atom is -0.351 e. The average Bonchev–Trinajstić information content (AvgIpc) is 3.08. The molecule has 0 saturated carbocycles. The van der Waals surface area contributed by atoms with Gasteiger partial charge in [0, 0.05) is 21.6 Å². The fraction of sp³-hybridized carbons (Fsp3) is 0. The third kappa shape index (κ3) is 2.49. The first-order valence-electron chi connectivity index (χ1n) is 6.90. The number of carbonyl (C=O) groups is 1. The third-order valence-corrected chi connectivity index (χ3v) is 3.84. The second-order valence-corrected chi connectivity index (χ2v) is 5.64. The van der Waals surface area contributed by atoms with Gasteiger partial charge in [0.1, 0.15) is 5.69 Å². The van der Waals surface area contributed by atoms with E-state index in [4.69, 9.17) is 11.6 Å². The fourth-order valence-electron chi connectivity index (χ4n) is 2.53. The van der Waals surface area contributed by atoms with Crippen molar-refractivity contribution in [2.45, 2.75) is 0 Å². The SMILES string of the molecule is O=C(Nc1ccc2[nH]c(=O)[nH]c2c1)c1cc2cc(Cl)ccc2[nH]1. The van der Waals surface area contributed by atoms with Crippen LogP contribution in [0, 0.1) is 0 Å². The molecular weight excluding hydrogens is 316 g/mol. The maximum absolute atomic E-state index is 12.4. The first kappa shape index (κ1) is 13.7. The topological polar surface area (TPSA) is 93.5 Å². The van der Waals surface area contributed by atoms with E-state index in [1.54, 1.807) is 36.4 Å². The molecule has 2 aromatic carbocycles. The van der Waals surface area contributed by atoms with Crippen LogP contribution in [-0.2, 0) is 0 Å². The number of aromatic amines is 3. The van der Waals surface area contributed by atoms with Crippen molar-refractivity contribution in [3.8, 4) is 0 Å². The molecule has 114 valence electrons. The lowest BCUT2D eigenvalue weighted by Crippen LogP contribution is -2.12. The molecule has 4 rings (SSSR count). The van der Waals surface area contributed by atoms with Crippen LogP contribution in [0.25, 0.3) is 21.9 Å². The number of rotatable bonds is 2. The Morgan fingerprint density at radius 3 is 2.57 bits per heavy atom. The van der Waals surface area contributed by atoms with Crippen LogP contribution in [0.2, 0.25) is 5.02 Å². The third-order valence-electron chi connectivity index (χ3n) is 3.60. The zero-order valence-corrected chi connectivity index (χ0v) is 12.5. The van der Waals surface area contributed by atoms with E-state index in [2.05, 4.69) is 20.3 Å². The second kappa shape index (κ2) is 5.03. The highest BCUT2D eigenvalue weighted by atomic mass is 35.5. The van der Waals surface area contributed by atoms with Crippen molar-refractivity contribution in [2.24, 2.45) is 0 Å². The van der Waals surface area contributed by atoms with Crippen molar-refractivity contribution in [3.05, 3.63) is 63.7 Å². The van der Waals surface area contributed by atoms with E-state index in [9.17, 15) is 9.59 Å². The number of nitrogens with one attached hydrogen (secondary N) is 4. The molecule has 0 saturated heterocycles. The molecule has 2 heterocycles. The summed E-state index contributed by atoms with van der Waals surface area (Å²) < 4.78 is 0. The molecule has 6 nitrogen and oxygen atoms in total. The van der Waals surface area contributed by atoms with Crippen LogP contribution in [0.15, 0.2) is 47.3 Å². The predicted octanol–water partition coefficient (Wildman–Crippen LogP) is 3.24. The second-order valence-electron chi connectivity index (χ2n) is 5.21. The van der Waals surface area contributed by atoms with E-state index < -0.39 is 0 Å². The Kier molecular flexibility index (Phi) is 2.99. The van der Waals surface area contributed by atoms with Crippen LogP contribution in [0.3, 0.4) is 0 Å². The first-order chi connectivity index (χ1) is 11.1. The summed E-state index contributed by atoms with van der Waals surface area (Å²) in [4.78, 5) is 32.0.